The number of benzene rings is 8. The van der Waals surface area contributed by atoms with Crippen LogP contribution in [0.5, 0.6) is 0 Å². The molecule has 1 aliphatic rings. The van der Waals surface area contributed by atoms with Crippen molar-refractivity contribution in [1.82, 2.24) is 9.55 Å². The summed E-state index contributed by atoms with van der Waals surface area (Å²) in [5.74, 6) is 0. The summed E-state index contributed by atoms with van der Waals surface area (Å²) < 4.78 is 2.39. The largest absolute Gasteiger partial charge is 0.360 e. The lowest BCUT2D eigenvalue weighted by Crippen LogP contribution is -2.27. The van der Waals surface area contributed by atoms with Gasteiger partial charge in [0.05, 0.1) is 33.6 Å². The van der Waals surface area contributed by atoms with Gasteiger partial charge < -0.3 is 14.8 Å². The Balaban J connectivity index is 1.11. The molecule has 0 amide bonds. The smallest absolute Gasteiger partial charge is 0.126 e. The number of nitrogens with one attached hydrogen (secondary N) is 1. The highest BCUT2D eigenvalue weighted by molar-refractivity contribution is 6.24. The van der Waals surface area contributed by atoms with Crippen LogP contribution in [0.3, 0.4) is 0 Å². The lowest BCUT2D eigenvalue weighted by Gasteiger charge is -2.26. The van der Waals surface area contributed by atoms with E-state index in [1.54, 1.807) is 0 Å². The first-order valence-electron chi connectivity index (χ1n) is 18.8. The fourth-order valence-electron chi connectivity index (χ4n) is 8.91. The Morgan fingerprint density at radius 2 is 1.24 bits per heavy atom. The second-order valence-corrected chi connectivity index (χ2v) is 14.3. The number of hydrogen-bond acceptors (Lipinski definition) is 3. The SMILES string of the molecule is CCN1c2ccccc2NC1c1ccc(-c2cccc3c2nc(-c2cccc(-n4c5ccccc5c5ccccc54)c2)c2ccc4ccccc4c23)cc1. The Morgan fingerprint density at radius 1 is 0.556 bits per heavy atom. The van der Waals surface area contributed by atoms with Gasteiger partial charge in [-0.2, -0.15) is 0 Å². The van der Waals surface area contributed by atoms with E-state index in [1.807, 2.05) is 0 Å². The maximum atomic E-state index is 5.63. The summed E-state index contributed by atoms with van der Waals surface area (Å²) in [6.45, 7) is 3.14. The molecule has 1 aliphatic heterocycles. The van der Waals surface area contributed by atoms with E-state index in [1.165, 1.54) is 54.9 Å². The van der Waals surface area contributed by atoms with Crippen LogP contribution in [0.15, 0.2) is 176 Å². The van der Waals surface area contributed by atoms with Crippen molar-refractivity contribution in [2.45, 2.75) is 13.1 Å². The summed E-state index contributed by atoms with van der Waals surface area (Å²) in [6.07, 6.45) is 0.0933. The van der Waals surface area contributed by atoms with Gasteiger partial charge >= 0.3 is 0 Å². The number of fused-ring (bicyclic) bond motifs is 9. The molecule has 1 unspecified atom stereocenters. The van der Waals surface area contributed by atoms with Gasteiger partial charge in [0.25, 0.3) is 0 Å². The normalized spacial score (nSPS) is 14.0. The number of anilines is 2. The highest BCUT2D eigenvalue weighted by Gasteiger charge is 2.28. The zero-order valence-electron chi connectivity index (χ0n) is 29.9. The Hall–Kier alpha value is -6.91. The highest BCUT2D eigenvalue weighted by Crippen LogP contribution is 2.43. The van der Waals surface area contributed by atoms with Gasteiger partial charge in [-0.05, 0) is 65.2 Å². The van der Waals surface area contributed by atoms with Crippen LogP contribution in [-0.4, -0.2) is 16.1 Å². The first-order valence-corrected chi connectivity index (χ1v) is 18.8. The Morgan fingerprint density at radius 3 is 2.04 bits per heavy atom. The molecule has 0 radical (unpaired) electrons. The van der Waals surface area contributed by atoms with Gasteiger partial charge in [-0.3, -0.25) is 0 Å². The van der Waals surface area contributed by atoms with Gasteiger partial charge in [0, 0.05) is 50.3 Å². The van der Waals surface area contributed by atoms with Gasteiger partial charge in [0.1, 0.15) is 6.17 Å². The number of para-hydroxylation sites is 5. The van der Waals surface area contributed by atoms with Crippen molar-refractivity contribution in [2.75, 3.05) is 16.8 Å². The zero-order valence-corrected chi connectivity index (χ0v) is 29.9. The molecule has 0 aliphatic carbocycles. The summed E-state index contributed by atoms with van der Waals surface area (Å²) in [5.41, 5.74) is 12.6. The van der Waals surface area contributed by atoms with Crippen LogP contribution < -0.4 is 10.2 Å². The molecule has 4 nitrogen and oxygen atoms in total. The summed E-state index contributed by atoms with van der Waals surface area (Å²) in [4.78, 5) is 8.06. The summed E-state index contributed by atoms with van der Waals surface area (Å²) in [5, 5.41) is 12.3. The molecule has 0 saturated carbocycles. The molecule has 8 aromatic carbocycles. The van der Waals surface area contributed by atoms with Crippen LogP contribution in [0.1, 0.15) is 18.7 Å². The van der Waals surface area contributed by atoms with Crippen LogP contribution in [0, 0.1) is 0 Å². The fourth-order valence-corrected chi connectivity index (χ4v) is 8.91. The van der Waals surface area contributed by atoms with Gasteiger partial charge in [0.2, 0.25) is 0 Å². The van der Waals surface area contributed by atoms with Crippen molar-refractivity contribution >= 4 is 65.6 Å². The predicted molar refractivity (Wildman–Crippen MR) is 228 cm³/mol. The number of hydrogen-bond donors (Lipinski definition) is 1. The van der Waals surface area contributed by atoms with Crippen molar-refractivity contribution in [3.63, 3.8) is 0 Å². The van der Waals surface area contributed by atoms with Gasteiger partial charge in [0.15, 0.2) is 0 Å². The Kier molecular flexibility index (Phi) is 6.86. The molecule has 1 N–H and O–H groups in total. The second-order valence-electron chi connectivity index (χ2n) is 14.3. The van der Waals surface area contributed by atoms with Gasteiger partial charge in [-0.15, -0.1) is 0 Å². The number of nitrogens with zero attached hydrogens (tertiary/aromatic N) is 3. The third-order valence-electron chi connectivity index (χ3n) is 11.4. The van der Waals surface area contributed by atoms with Crippen molar-refractivity contribution in [3.05, 3.63) is 181 Å². The standard InChI is InChI=1S/C50H36N4/c1-2-53-46-24-10-7-21-43(46)51-50(53)34-27-25-33(26-28-34)38-19-12-20-41-47-37-16-4-3-13-32(37)29-30-42(47)48(52-49(38)41)35-14-11-15-36(31-35)54-44-22-8-5-17-39(44)40-18-6-9-23-45(40)54/h3-31,50-51H,2H2,1H3. The van der Waals surface area contributed by atoms with Crippen molar-refractivity contribution in [1.29, 1.82) is 0 Å². The molecule has 1 atom stereocenters. The number of rotatable bonds is 5. The van der Waals surface area contributed by atoms with Crippen molar-refractivity contribution in [2.24, 2.45) is 0 Å². The number of pyridine rings is 1. The average Bonchev–Trinajstić information content (AvgIpc) is 3.79. The van der Waals surface area contributed by atoms with Crippen LogP contribution in [0.4, 0.5) is 11.4 Å². The minimum Gasteiger partial charge on any atom is -0.360 e. The van der Waals surface area contributed by atoms with E-state index in [2.05, 4.69) is 198 Å². The monoisotopic (exact) mass is 692 g/mol. The minimum atomic E-state index is 0.0933. The lowest BCUT2D eigenvalue weighted by molar-refractivity contribution is 0.735. The third-order valence-corrected chi connectivity index (χ3v) is 11.4. The van der Waals surface area contributed by atoms with E-state index in [4.69, 9.17) is 4.98 Å². The fraction of sp³-hybridized carbons (Fsp3) is 0.0600. The predicted octanol–water partition coefficient (Wildman–Crippen LogP) is 12.9. The average molecular weight is 693 g/mol. The molecule has 0 spiro atoms. The second kappa shape index (κ2) is 12.1. The van der Waals surface area contributed by atoms with E-state index < -0.39 is 0 Å². The first-order chi connectivity index (χ1) is 26.7. The van der Waals surface area contributed by atoms with E-state index in [9.17, 15) is 0 Å². The Labute approximate surface area is 313 Å². The van der Waals surface area contributed by atoms with Gasteiger partial charge in [-0.1, -0.05) is 140 Å². The molecule has 54 heavy (non-hydrogen) atoms. The molecule has 256 valence electrons. The molecule has 2 aromatic heterocycles. The highest BCUT2D eigenvalue weighted by atomic mass is 15.3. The lowest BCUT2D eigenvalue weighted by atomic mass is 9.92. The molecule has 0 fully saturated rings. The van der Waals surface area contributed by atoms with Gasteiger partial charge in [-0.25, -0.2) is 4.98 Å². The first kappa shape index (κ1) is 30.7. The number of aromatic nitrogens is 2. The molecular weight excluding hydrogens is 657 g/mol. The molecule has 0 saturated heterocycles. The van der Waals surface area contributed by atoms with Crippen LogP contribution in [0.25, 0.3) is 82.3 Å². The maximum absolute atomic E-state index is 5.63. The van der Waals surface area contributed by atoms with Crippen LogP contribution >= 0.6 is 0 Å². The molecule has 4 heteroatoms. The summed E-state index contributed by atoms with van der Waals surface area (Å²) >= 11 is 0. The van der Waals surface area contributed by atoms with E-state index in [0.717, 1.165) is 50.9 Å². The summed E-state index contributed by atoms with van der Waals surface area (Å²) in [6, 6.07) is 63.8. The quantitative estimate of drug-likeness (QED) is 0.182. The van der Waals surface area contributed by atoms with E-state index in [-0.39, 0.29) is 6.17 Å². The minimum absolute atomic E-state index is 0.0933. The van der Waals surface area contributed by atoms with Crippen LogP contribution in [0.2, 0.25) is 0 Å². The Bertz CT molecular complexity index is 3030. The summed E-state index contributed by atoms with van der Waals surface area (Å²) in [7, 11) is 0. The third kappa shape index (κ3) is 4.60. The molecule has 3 heterocycles. The maximum Gasteiger partial charge on any atom is 0.126 e. The molecular formula is C50H36N4. The topological polar surface area (TPSA) is 33.1 Å². The molecule has 11 rings (SSSR count). The van der Waals surface area contributed by atoms with Crippen molar-refractivity contribution < 1.29 is 0 Å². The van der Waals surface area contributed by atoms with Crippen LogP contribution in [-0.2, 0) is 0 Å². The molecule has 10 aromatic rings. The van der Waals surface area contributed by atoms with E-state index >= 15 is 0 Å². The molecule has 0 bridgehead atoms. The van der Waals surface area contributed by atoms with E-state index in [0.29, 0.717) is 0 Å². The van der Waals surface area contributed by atoms with Crippen molar-refractivity contribution in [3.8, 4) is 28.1 Å². The zero-order chi connectivity index (χ0) is 35.8.